The highest BCUT2D eigenvalue weighted by Crippen LogP contribution is 2.35. The number of rotatable bonds is 5. The molecule has 0 N–H and O–H groups in total. The average molecular weight is 428 g/mol. The summed E-state index contributed by atoms with van der Waals surface area (Å²) in [4.78, 5) is 18.4. The summed E-state index contributed by atoms with van der Waals surface area (Å²) >= 11 is 3.04. The number of benzene rings is 2. The molecule has 0 aliphatic heterocycles. The number of nitrogens with zero attached hydrogens (tertiary/aromatic N) is 3. The largest absolute Gasteiger partial charge is 0.294 e. The number of hydrogen-bond acceptors (Lipinski definition) is 5. The van der Waals surface area contributed by atoms with Gasteiger partial charge in [0.15, 0.2) is 5.78 Å². The first kappa shape index (κ1) is 18.7. The fourth-order valence-electron chi connectivity index (χ4n) is 3.22. The molecule has 4 nitrogen and oxygen atoms in total. The van der Waals surface area contributed by atoms with Crippen LogP contribution in [-0.4, -0.2) is 20.5 Å². The fourth-order valence-corrected chi connectivity index (χ4v) is 4.92. The lowest BCUT2D eigenvalue weighted by Crippen LogP contribution is -1.98. The van der Waals surface area contributed by atoms with E-state index in [1.54, 1.807) is 18.3 Å². The van der Waals surface area contributed by atoms with Crippen LogP contribution >= 0.6 is 22.7 Å². The number of ketones is 1. The van der Waals surface area contributed by atoms with E-state index in [0.717, 1.165) is 43.1 Å². The first-order valence-corrected chi connectivity index (χ1v) is 11.2. The lowest BCUT2D eigenvalue weighted by molar-refractivity contribution is 0.102. The Balaban J connectivity index is 1.64. The van der Waals surface area contributed by atoms with Gasteiger partial charge in [0.1, 0.15) is 0 Å². The van der Waals surface area contributed by atoms with Gasteiger partial charge < -0.3 is 0 Å². The van der Waals surface area contributed by atoms with Gasteiger partial charge in [-0.1, -0.05) is 60.7 Å². The Kier molecular flexibility index (Phi) is 4.86. The molecule has 0 radical (unpaired) electrons. The third-order valence-electron chi connectivity index (χ3n) is 4.73. The van der Waals surface area contributed by atoms with E-state index in [9.17, 15) is 4.79 Å². The zero-order valence-corrected chi connectivity index (χ0v) is 17.8. The second-order valence-electron chi connectivity index (χ2n) is 6.79. The lowest BCUT2D eigenvalue weighted by Gasteiger charge is -2.01. The Morgan fingerprint density at radius 1 is 0.867 bits per heavy atom. The van der Waals surface area contributed by atoms with Crippen molar-refractivity contribution in [2.45, 2.75) is 6.92 Å². The summed E-state index contributed by atoms with van der Waals surface area (Å²) < 4.78 is 1.88. The van der Waals surface area contributed by atoms with Crippen LogP contribution in [0.2, 0.25) is 0 Å². The molecule has 0 atom stereocenters. The molecule has 0 aliphatic rings. The van der Waals surface area contributed by atoms with Crippen molar-refractivity contribution < 1.29 is 4.79 Å². The molecule has 0 spiro atoms. The van der Waals surface area contributed by atoms with E-state index >= 15 is 0 Å². The predicted molar refractivity (Wildman–Crippen MR) is 123 cm³/mol. The minimum atomic E-state index is 0.0706. The standard InChI is InChI=1S/C24H17N3OS2/c1-16(28)22-12-13-23(30-22)21-14-19(17-8-4-2-5-9-17)26-27(21)24-25-20(15-29-24)18-10-6-3-7-11-18/h2-15H,1H3. The second-order valence-corrected chi connectivity index (χ2v) is 8.71. The molecule has 2 aromatic carbocycles. The van der Waals surface area contributed by atoms with Crippen molar-refractivity contribution in [3.8, 4) is 38.2 Å². The van der Waals surface area contributed by atoms with Gasteiger partial charge in [-0.3, -0.25) is 4.79 Å². The molecule has 5 aromatic rings. The number of thiophene rings is 1. The number of aromatic nitrogens is 3. The molecule has 0 amide bonds. The number of carbonyl (C=O) groups excluding carboxylic acids is 1. The summed E-state index contributed by atoms with van der Waals surface area (Å²) in [6.07, 6.45) is 0. The summed E-state index contributed by atoms with van der Waals surface area (Å²) in [6.45, 7) is 1.59. The summed E-state index contributed by atoms with van der Waals surface area (Å²) in [7, 11) is 0. The van der Waals surface area contributed by atoms with E-state index in [1.807, 2.05) is 70.7 Å². The van der Waals surface area contributed by atoms with Crippen molar-refractivity contribution >= 4 is 28.5 Å². The van der Waals surface area contributed by atoms with E-state index in [1.165, 1.54) is 11.3 Å². The Hall–Kier alpha value is -3.35. The maximum atomic E-state index is 11.8. The topological polar surface area (TPSA) is 47.8 Å². The third kappa shape index (κ3) is 3.51. The molecule has 146 valence electrons. The first-order chi connectivity index (χ1) is 14.7. The highest BCUT2D eigenvalue weighted by molar-refractivity contribution is 7.17. The number of thiazole rings is 1. The van der Waals surface area contributed by atoms with Crippen molar-refractivity contribution in [2.24, 2.45) is 0 Å². The van der Waals surface area contributed by atoms with Gasteiger partial charge in [0.25, 0.3) is 0 Å². The highest BCUT2D eigenvalue weighted by Gasteiger charge is 2.18. The SMILES string of the molecule is CC(=O)c1ccc(-c2cc(-c3ccccc3)nn2-c2nc(-c3ccccc3)cs2)s1. The van der Waals surface area contributed by atoms with Gasteiger partial charge in [-0.15, -0.1) is 22.7 Å². The molecular formula is C24H17N3OS2. The van der Waals surface area contributed by atoms with E-state index in [-0.39, 0.29) is 5.78 Å². The zero-order chi connectivity index (χ0) is 20.5. The minimum Gasteiger partial charge on any atom is -0.294 e. The second kappa shape index (κ2) is 7.82. The number of Topliss-reactive ketones (excluding diaryl/α,β-unsaturated/α-hetero) is 1. The fraction of sp³-hybridized carbons (Fsp3) is 0.0417. The Morgan fingerprint density at radius 3 is 2.17 bits per heavy atom. The Bertz CT molecular complexity index is 1320. The van der Waals surface area contributed by atoms with Gasteiger partial charge >= 0.3 is 0 Å². The summed E-state index contributed by atoms with van der Waals surface area (Å²) in [5.74, 6) is 0.0706. The molecule has 0 aliphatic carbocycles. The van der Waals surface area contributed by atoms with Gasteiger partial charge in [0.05, 0.1) is 26.8 Å². The predicted octanol–water partition coefficient (Wildman–Crippen LogP) is 6.59. The molecule has 0 saturated carbocycles. The monoisotopic (exact) mass is 427 g/mol. The molecule has 3 aromatic heterocycles. The smallest absolute Gasteiger partial charge is 0.211 e. The Morgan fingerprint density at radius 2 is 1.53 bits per heavy atom. The highest BCUT2D eigenvalue weighted by atomic mass is 32.1. The van der Waals surface area contributed by atoms with Crippen LogP contribution in [0.15, 0.2) is 84.2 Å². The lowest BCUT2D eigenvalue weighted by atomic mass is 10.1. The van der Waals surface area contributed by atoms with Crippen molar-refractivity contribution in [1.29, 1.82) is 0 Å². The molecule has 0 unspecified atom stereocenters. The number of carbonyl (C=O) groups is 1. The molecule has 5 rings (SSSR count). The van der Waals surface area contributed by atoms with Crippen LogP contribution in [0.25, 0.3) is 38.2 Å². The average Bonchev–Trinajstić information content (AvgIpc) is 3.53. The van der Waals surface area contributed by atoms with Crippen molar-refractivity contribution in [3.63, 3.8) is 0 Å². The van der Waals surface area contributed by atoms with Crippen molar-refractivity contribution in [2.75, 3.05) is 0 Å². The van der Waals surface area contributed by atoms with Crippen LogP contribution in [0.4, 0.5) is 0 Å². The van der Waals surface area contributed by atoms with Crippen LogP contribution in [0.3, 0.4) is 0 Å². The van der Waals surface area contributed by atoms with Crippen LogP contribution in [0, 0.1) is 0 Å². The minimum absolute atomic E-state index is 0.0706. The van der Waals surface area contributed by atoms with Crippen LogP contribution < -0.4 is 0 Å². The quantitative estimate of drug-likeness (QED) is 0.297. The summed E-state index contributed by atoms with van der Waals surface area (Å²) in [6, 6.07) is 26.1. The van der Waals surface area contributed by atoms with Crippen LogP contribution in [0.5, 0.6) is 0 Å². The third-order valence-corrected chi connectivity index (χ3v) is 6.75. The Labute approximate surface area is 182 Å². The maximum Gasteiger partial charge on any atom is 0.211 e. The van der Waals surface area contributed by atoms with Crippen LogP contribution in [0.1, 0.15) is 16.6 Å². The number of hydrogen-bond donors (Lipinski definition) is 0. The summed E-state index contributed by atoms with van der Waals surface area (Å²) in [5.41, 5.74) is 4.85. The van der Waals surface area contributed by atoms with Gasteiger partial charge in [-0.2, -0.15) is 5.10 Å². The zero-order valence-electron chi connectivity index (χ0n) is 16.1. The first-order valence-electron chi connectivity index (χ1n) is 9.47. The molecule has 30 heavy (non-hydrogen) atoms. The van der Waals surface area contributed by atoms with E-state index < -0.39 is 0 Å². The normalized spacial score (nSPS) is 11.0. The molecule has 3 heterocycles. The molecular weight excluding hydrogens is 410 g/mol. The summed E-state index contributed by atoms with van der Waals surface area (Å²) in [5, 5.41) is 7.72. The van der Waals surface area contributed by atoms with Gasteiger partial charge in [0.2, 0.25) is 5.13 Å². The van der Waals surface area contributed by atoms with Gasteiger partial charge in [-0.25, -0.2) is 9.67 Å². The molecule has 0 fully saturated rings. The molecule has 6 heteroatoms. The van der Waals surface area contributed by atoms with E-state index in [2.05, 4.69) is 18.2 Å². The van der Waals surface area contributed by atoms with Gasteiger partial charge in [0, 0.05) is 16.5 Å². The van der Waals surface area contributed by atoms with E-state index in [4.69, 9.17) is 10.1 Å². The van der Waals surface area contributed by atoms with Crippen molar-refractivity contribution in [1.82, 2.24) is 14.8 Å². The maximum absolute atomic E-state index is 11.8. The molecule has 0 saturated heterocycles. The van der Waals surface area contributed by atoms with Crippen LogP contribution in [-0.2, 0) is 0 Å². The van der Waals surface area contributed by atoms with Gasteiger partial charge in [-0.05, 0) is 25.1 Å². The van der Waals surface area contributed by atoms with E-state index in [0.29, 0.717) is 0 Å². The molecule has 0 bridgehead atoms. The van der Waals surface area contributed by atoms with Crippen molar-refractivity contribution in [3.05, 3.63) is 89.1 Å².